The van der Waals surface area contributed by atoms with Crippen LogP contribution in [-0.4, -0.2) is 22.1 Å². The van der Waals surface area contributed by atoms with E-state index < -0.39 is 10.2 Å². The molecule has 0 unspecified atom stereocenters. The van der Waals surface area contributed by atoms with Gasteiger partial charge in [-0.15, -0.1) is 0 Å². The number of methoxy groups -OCH3 is 1. The maximum atomic E-state index is 12.7. The number of hydrogen-bond donors (Lipinski definition) is 1. The Balaban J connectivity index is 1.87. The molecule has 22 heavy (non-hydrogen) atoms. The normalized spacial score (nSPS) is 14.3. The second-order valence-corrected chi connectivity index (χ2v) is 6.74. The van der Waals surface area contributed by atoms with Crippen LogP contribution in [0.1, 0.15) is 12.0 Å². The minimum absolute atomic E-state index is 0.489. The molecule has 0 aromatic heterocycles. The Labute approximate surface area is 130 Å². The third-order valence-corrected chi connectivity index (χ3v) is 5.15. The summed E-state index contributed by atoms with van der Waals surface area (Å²) >= 11 is 0. The van der Waals surface area contributed by atoms with Gasteiger partial charge in [0, 0.05) is 6.54 Å². The van der Waals surface area contributed by atoms with Crippen molar-refractivity contribution in [1.29, 1.82) is 0 Å². The van der Waals surface area contributed by atoms with Crippen LogP contribution in [0, 0.1) is 0 Å². The van der Waals surface area contributed by atoms with Gasteiger partial charge in [0.05, 0.1) is 18.5 Å². The number of para-hydroxylation sites is 1. The summed E-state index contributed by atoms with van der Waals surface area (Å²) in [6, 6.07) is 14.4. The molecule has 0 amide bonds. The second kappa shape index (κ2) is 5.88. The lowest BCUT2D eigenvalue weighted by atomic mass is 10.0. The van der Waals surface area contributed by atoms with E-state index >= 15 is 0 Å². The summed E-state index contributed by atoms with van der Waals surface area (Å²) in [5, 5.41) is 0. The second-order valence-electron chi connectivity index (χ2n) is 5.14. The monoisotopic (exact) mass is 318 g/mol. The summed E-state index contributed by atoms with van der Waals surface area (Å²) in [6.45, 7) is 0.489. The van der Waals surface area contributed by atoms with E-state index in [1.807, 2.05) is 24.3 Å². The van der Waals surface area contributed by atoms with E-state index in [1.165, 1.54) is 4.31 Å². The highest BCUT2D eigenvalue weighted by Crippen LogP contribution is 2.29. The number of benzene rings is 2. The van der Waals surface area contributed by atoms with Gasteiger partial charge in [0.25, 0.3) is 0 Å². The zero-order valence-electron chi connectivity index (χ0n) is 12.3. The fourth-order valence-electron chi connectivity index (χ4n) is 2.61. The summed E-state index contributed by atoms with van der Waals surface area (Å²) in [7, 11) is -2.05. The van der Waals surface area contributed by atoms with Crippen LogP contribution in [0.3, 0.4) is 0 Å². The van der Waals surface area contributed by atoms with Crippen molar-refractivity contribution in [2.75, 3.05) is 22.7 Å². The Morgan fingerprint density at radius 2 is 1.82 bits per heavy atom. The predicted octanol–water partition coefficient (Wildman–Crippen LogP) is 2.80. The first-order valence-electron chi connectivity index (χ1n) is 7.12. The zero-order chi connectivity index (χ0) is 15.6. The third-order valence-electron chi connectivity index (χ3n) is 3.69. The fourth-order valence-corrected chi connectivity index (χ4v) is 3.96. The highest BCUT2D eigenvalue weighted by Gasteiger charge is 2.27. The molecule has 1 heterocycles. The zero-order valence-corrected chi connectivity index (χ0v) is 13.1. The molecule has 2 aromatic rings. The van der Waals surface area contributed by atoms with Crippen LogP contribution in [0.2, 0.25) is 0 Å². The molecule has 0 atom stereocenters. The first kappa shape index (κ1) is 14.7. The number of hydrogen-bond acceptors (Lipinski definition) is 3. The van der Waals surface area contributed by atoms with Crippen LogP contribution in [0.4, 0.5) is 11.4 Å². The summed E-state index contributed by atoms with van der Waals surface area (Å²) in [5.74, 6) is 0.686. The molecule has 1 aliphatic heterocycles. The molecule has 5 nitrogen and oxygen atoms in total. The molecule has 0 saturated heterocycles. The van der Waals surface area contributed by atoms with Crippen molar-refractivity contribution in [3.8, 4) is 5.75 Å². The van der Waals surface area contributed by atoms with Crippen molar-refractivity contribution in [1.82, 2.24) is 0 Å². The smallest absolute Gasteiger partial charge is 0.323 e. The largest absolute Gasteiger partial charge is 0.497 e. The number of rotatable bonds is 4. The van der Waals surface area contributed by atoms with Gasteiger partial charge >= 0.3 is 10.2 Å². The predicted molar refractivity (Wildman–Crippen MR) is 87.6 cm³/mol. The van der Waals surface area contributed by atoms with Crippen molar-refractivity contribution < 1.29 is 13.2 Å². The van der Waals surface area contributed by atoms with E-state index in [0.29, 0.717) is 18.0 Å². The topological polar surface area (TPSA) is 58.6 Å². The van der Waals surface area contributed by atoms with Crippen LogP contribution in [-0.2, 0) is 16.6 Å². The Morgan fingerprint density at radius 1 is 1.09 bits per heavy atom. The molecule has 0 saturated carbocycles. The van der Waals surface area contributed by atoms with Crippen LogP contribution >= 0.6 is 0 Å². The van der Waals surface area contributed by atoms with Gasteiger partial charge in [0.2, 0.25) is 0 Å². The standard InChI is InChI=1S/C16H18N2O3S/c1-21-15-10-8-14(9-11-15)17-22(19,20)18-12-4-6-13-5-2-3-7-16(13)18/h2-3,5,7-11,17H,4,6,12H2,1H3. The summed E-state index contributed by atoms with van der Waals surface area (Å²) < 4.78 is 34.4. The molecular formula is C16H18N2O3S. The quantitative estimate of drug-likeness (QED) is 0.943. The Morgan fingerprint density at radius 3 is 2.55 bits per heavy atom. The van der Waals surface area contributed by atoms with Gasteiger partial charge in [-0.2, -0.15) is 8.42 Å². The maximum absolute atomic E-state index is 12.7. The molecule has 2 aromatic carbocycles. The molecule has 0 fully saturated rings. The van der Waals surface area contributed by atoms with Gasteiger partial charge in [-0.3, -0.25) is 9.03 Å². The van der Waals surface area contributed by atoms with Crippen molar-refractivity contribution in [3.63, 3.8) is 0 Å². The van der Waals surface area contributed by atoms with Gasteiger partial charge in [-0.1, -0.05) is 18.2 Å². The van der Waals surface area contributed by atoms with Crippen molar-refractivity contribution >= 4 is 21.6 Å². The molecule has 1 N–H and O–H groups in total. The molecule has 0 spiro atoms. The van der Waals surface area contributed by atoms with E-state index in [2.05, 4.69) is 4.72 Å². The Hall–Kier alpha value is -2.21. The van der Waals surface area contributed by atoms with Gasteiger partial charge in [-0.05, 0) is 48.7 Å². The van der Waals surface area contributed by atoms with E-state index in [9.17, 15) is 8.42 Å². The molecule has 0 aliphatic carbocycles. The number of nitrogens with zero attached hydrogens (tertiary/aromatic N) is 1. The SMILES string of the molecule is COc1ccc(NS(=O)(=O)N2CCCc3ccccc32)cc1. The van der Waals surface area contributed by atoms with E-state index in [-0.39, 0.29) is 0 Å². The van der Waals surface area contributed by atoms with Crippen LogP contribution in [0.25, 0.3) is 0 Å². The number of fused-ring (bicyclic) bond motifs is 1. The highest BCUT2D eigenvalue weighted by molar-refractivity contribution is 7.94. The molecule has 3 rings (SSSR count). The molecular weight excluding hydrogens is 300 g/mol. The summed E-state index contributed by atoms with van der Waals surface area (Å²) in [5.41, 5.74) is 2.34. The van der Waals surface area contributed by atoms with E-state index in [0.717, 1.165) is 24.1 Å². The van der Waals surface area contributed by atoms with Crippen molar-refractivity contribution in [2.45, 2.75) is 12.8 Å². The lowest BCUT2D eigenvalue weighted by molar-refractivity contribution is 0.415. The van der Waals surface area contributed by atoms with E-state index in [4.69, 9.17) is 4.74 Å². The summed E-state index contributed by atoms with van der Waals surface area (Å²) in [4.78, 5) is 0. The average molecular weight is 318 g/mol. The van der Waals surface area contributed by atoms with Crippen LogP contribution < -0.4 is 13.8 Å². The van der Waals surface area contributed by atoms with Gasteiger partial charge < -0.3 is 4.74 Å². The minimum atomic E-state index is -3.63. The number of aryl methyl sites for hydroxylation is 1. The Kier molecular flexibility index (Phi) is 3.94. The molecule has 116 valence electrons. The van der Waals surface area contributed by atoms with Gasteiger partial charge in [0.1, 0.15) is 5.75 Å². The fraction of sp³-hybridized carbons (Fsp3) is 0.250. The van der Waals surface area contributed by atoms with Gasteiger partial charge in [-0.25, -0.2) is 0 Å². The Bertz CT molecular complexity index is 757. The molecule has 0 radical (unpaired) electrons. The first-order valence-corrected chi connectivity index (χ1v) is 8.56. The van der Waals surface area contributed by atoms with Gasteiger partial charge in [0.15, 0.2) is 0 Å². The average Bonchev–Trinajstić information content (AvgIpc) is 2.54. The van der Waals surface area contributed by atoms with Crippen molar-refractivity contribution in [3.05, 3.63) is 54.1 Å². The van der Waals surface area contributed by atoms with Crippen LogP contribution in [0.15, 0.2) is 48.5 Å². The molecule has 6 heteroatoms. The first-order chi connectivity index (χ1) is 10.6. The lowest BCUT2D eigenvalue weighted by Gasteiger charge is -2.30. The third kappa shape index (κ3) is 2.87. The minimum Gasteiger partial charge on any atom is -0.497 e. The number of ether oxygens (including phenoxy) is 1. The van der Waals surface area contributed by atoms with Crippen LogP contribution in [0.5, 0.6) is 5.75 Å². The maximum Gasteiger partial charge on any atom is 0.323 e. The number of anilines is 2. The molecule has 1 aliphatic rings. The van der Waals surface area contributed by atoms with E-state index in [1.54, 1.807) is 31.4 Å². The summed E-state index contributed by atoms with van der Waals surface area (Å²) in [6.07, 6.45) is 1.73. The number of nitrogens with one attached hydrogen (secondary N) is 1. The molecule has 0 bridgehead atoms. The van der Waals surface area contributed by atoms with Crippen molar-refractivity contribution in [2.24, 2.45) is 0 Å². The lowest BCUT2D eigenvalue weighted by Crippen LogP contribution is -2.39. The highest BCUT2D eigenvalue weighted by atomic mass is 32.2.